The molecular weight excluding hydrogens is 268 g/mol. The molecule has 0 aliphatic heterocycles. The number of anilines is 3. The van der Waals surface area contributed by atoms with Crippen molar-refractivity contribution in [1.82, 2.24) is 9.97 Å². The fraction of sp³-hybridized carbons (Fsp3) is 0.167. The molecule has 6 nitrogen and oxygen atoms in total. The van der Waals surface area contributed by atoms with Gasteiger partial charge in [0.2, 0.25) is 0 Å². The van der Waals surface area contributed by atoms with Crippen molar-refractivity contribution in [3.8, 4) is 11.5 Å². The van der Waals surface area contributed by atoms with Crippen LogP contribution < -0.4 is 20.5 Å². The number of ether oxygens (including phenoxy) is 2. The van der Waals surface area contributed by atoms with E-state index < -0.39 is 0 Å². The molecule has 0 saturated carbocycles. The van der Waals surface area contributed by atoms with Crippen LogP contribution in [0.2, 0.25) is 5.15 Å². The third kappa shape index (κ3) is 2.79. The van der Waals surface area contributed by atoms with Crippen molar-refractivity contribution in [2.75, 3.05) is 25.3 Å². The molecule has 0 aliphatic rings. The summed E-state index contributed by atoms with van der Waals surface area (Å²) in [6.45, 7) is 0. The Morgan fingerprint density at radius 3 is 2.42 bits per heavy atom. The molecule has 7 heteroatoms. The van der Waals surface area contributed by atoms with Crippen molar-refractivity contribution < 1.29 is 9.47 Å². The zero-order valence-corrected chi connectivity index (χ0v) is 11.2. The van der Waals surface area contributed by atoms with E-state index >= 15 is 0 Å². The fourth-order valence-electron chi connectivity index (χ4n) is 1.56. The van der Waals surface area contributed by atoms with Crippen molar-refractivity contribution in [3.05, 3.63) is 29.5 Å². The van der Waals surface area contributed by atoms with E-state index in [4.69, 9.17) is 26.8 Å². The Hall–Kier alpha value is -2.21. The maximum Gasteiger partial charge on any atom is 0.175 e. The van der Waals surface area contributed by atoms with Gasteiger partial charge in [-0.15, -0.1) is 0 Å². The summed E-state index contributed by atoms with van der Waals surface area (Å²) in [5.74, 6) is 1.77. The molecule has 1 aromatic heterocycles. The summed E-state index contributed by atoms with van der Waals surface area (Å²) in [6.07, 6.45) is 1.38. The van der Waals surface area contributed by atoms with E-state index in [0.717, 1.165) is 0 Å². The van der Waals surface area contributed by atoms with E-state index in [1.165, 1.54) is 6.20 Å². The van der Waals surface area contributed by atoms with Crippen LogP contribution in [0.15, 0.2) is 24.4 Å². The standard InChI is InChI=1S/C12H13ClN4O2/c1-18-7-4-3-5-8(19-2)10(7)17-12-11(14)15-6-9(13)16-12/h3-6H,1-2H3,(H2,14,15)(H,16,17). The Balaban J connectivity index is 2.45. The van der Waals surface area contributed by atoms with Crippen molar-refractivity contribution in [2.45, 2.75) is 0 Å². The summed E-state index contributed by atoms with van der Waals surface area (Å²) in [7, 11) is 3.12. The van der Waals surface area contributed by atoms with Crippen LogP contribution in [-0.2, 0) is 0 Å². The molecule has 0 bridgehead atoms. The predicted molar refractivity (Wildman–Crippen MR) is 74.3 cm³/mol. The van der Waals surface area contributed by atoms with E-state index in [2.05, 4.69) is 15.3 Å². The molecule has 0 aliphatic carbocycles. The van der Waals surface area contributed by atoms with Gasteiger partial charge < -0.3 is 20.5 Å². The molecule has 3 N–H and O–H groups in total. The number of nitrogens with zero attached hydrogens (tertiary/aromatic N) is 2. The molecule has 1 heterocycles. The van der Waals surface area contributed by atoms with Gasteiger partial charge in [-0.25, -0.2) is 9.97 Å². The first-order chi connectivity index (χ1) is 9.15. The molecule has 2 aromatic rings. The van der Waals surface area contributed by atoms with Gasteiger partial charge in [0.05, 0.1) is 20.4 Å². The van der Waals surface area contributed by atoms with E-state index in [0.29, 0.717) is 23.0 Å². The lowest BCUT2D eigenvalue weighted by molar-refractivity contribution is 0.398. The highest BCUT2D eigenvalue weighted by atomic mass is 35.5. The zero-order valence-electron chi connectivity index (χ0n) is 10.5. The number of methoxy groups -OCH3 is 2. The summed E-state index contributed by atoms with van der Waals surface area (Å²) >= 11 is 5.80. The summed E-state index contributed by atoms with van der Waals surface area (Å²) in [5, 5.41) is 3.26. The minimum Gasteiger partial charge on any atom is -0.494 e. The molecule has 100 valence electrons. The molecule has 0 atom stereocenters. The first-order valence-corrected chi connectivity index (χ1v) is 5.79. The van der Waals surface area contributed by atoms with Gasteiger partial charge in [0.15, 0.2) is 11.6 Å². The van der Waals surface area contributed by atoms with Gasteiger partial charge >= 0.3 is 0 Å². The maximum atomic E-state index is 5.80. The Morgan fingerprint density at radius 2 is 1.84 bits per heavy atom. The van der Waals surface area contributed by atoms with Crippen LogP contribution in [0.5, 0.6) is 11.5 Å². The third-order valence-electron chi connectivity index (χ3n) is 2.44. The van der Waals surface area contributed by atoms with Crippen molar-refractivity contribution >= 4 is 28.9 Å². The van der Waals surface area contributed by atoms with E-state index in [1.54, 1.807) is 26.4 Å². The number of aromatic nitrogens is 2. The number of benzene rings is 1. The molecule has 0 unspecified atom stereocenters. The van der Waals surface area contributed by atoms with Gasteiger partial charge in [-0.2, -0.15) is 0 Å². The topological polar surface area (TPSA) is 82.3 Å². The number of para-hydroxylation sites is 1. The van der Waals surface area contributed by atoms with E-state index in [1.807, 2.05) is 6.07 Å². The molecule has 0 spiro atoms. The number of hydrogen-bond donors (Lipinski definition) is 2. The normalized spacial score (nSPS) is 10.1. The number of rotatable bonds is 4. The fourth-order valence-corrected chi connectivity index (χ4v) is 1.70. The zero-order chi connectivity index (χ0) is 13.8. The molecule has 0 amide bonds. The molecule has 0 fully saturated rings. The first kappa shape index (κ1) is 13.2. The van der Waals surface area contributed by atoms with Gasteiger partial charge in [0.1, 0.15) is 22.3 Å². The van der Waals surface area contributed by atoms with Crippen molar-refractivity contribution in [1.29, 1.82) is 0 Å². The average molecular weight is 281 g/mol. The maximum absolute atomic E-state index is 5.80. The summed E-state index contributed by atoms with van der Waals surface area (Å²) in [4.78, 5) is 8.00. The van der Waals surface area contributed by atoms with Gasteiger partial charge in [0, 0.05) is 0 Å². The van der Waals surface area contributed by atoms with E-state index in [-0.39, 0.29) is 11.0 Å². The van der Waals surface area contributed by atoms with Crippen molar-refractivity contribution in [2.24, 2.45) is 0 Å². The molecular formula is C12H13ClN4O2. The molecule has 2 rings (SSSR count). The smallest absolute Gasteiger partial charge is 0.175 e. The molecule has 1 aromatic carbocycles. The van der Waals surface area contributed by atoms with Crippen LogP contribution in [0.25, 0.3) is 0 Å². The minimum atomic E-state index is 0.234. The number of hydrogen-bond acceptors (Lipinski definition) is 6. The Labute approximate surface area is 115 Å². The van der Waals surface area contributed by atoms with Crippen LogP contribution in [0, 0.1) is 0 Å². The van der Waals surface area contributed by atoms with Crippen molar-refractivity contribution in [3.63, 3.8) is 0 Å². The van der Waals surface area contributed by atoms with Crippen LogP contribution >= 0.6 is 11.6 Å². The summed E-state index contributed by atoms with van der Waals surface area (Å²) in [6, 6.07) is 5.40. The average Bonchev–Trinajstić information content (AvgIpc) is 2.43. The second-order valence-electron chi connectivity index (χ2n) is 3.59. The van der Waals surface area contributed by atoms with Crippen LogP contribution in [-0.4, -0.2) is 24.2 Å². The van der Waals surface area contributed by atoms with Crippen LogP contribution in [0.1, 0.15) is 0 Å². The number of nitrogens with one attached hydrogen (secondary N) is 1. The lowest BCUT2D eigenvalue weighted by Gasteiger charge is -2.15. The van der Waals surface area contributed by atoms with Gasteiger partial charge in [0.25, 0.3) is 0 Å². The second kappa shape index (κ2) is 5.62. The highest BCUT2D eigenvalue weighted by molar-refractivity contribution is 6.29. The SMILES string of the molecule is COc1cccc(OC)c1Nc1nc(Cl)cnc1N. The highest BCUT2D eigenvalue weighted by Crippen LogP contribution is 2.37. The summed E-state index contributed by atoms with van der Waals surface area (Å²) < 4.78 is 10.5. The Kier molecular flexibility index (Phi) is 3.91. The summed E-state index contributed by atoms with van der Waals surface area (Å²) in [5.41, 5.74) is 6.35. The van der Waals surface area contributed by atoms with Gasteiger partial charge in [-0.1, -0.05) is 17.7 Å². The molecule has 0 radical (unpaired) electrons. The first-order valence-electron chi connectivity index (χ1n) is 5.41. The third-order valence-corrected chi connectivity index (χ3v) is 2.62. The molecule has 0 saturated heterocycles. The minimum absolute atomic E-state index is 0.234. The van der Waals surface area contributed by atoms with Gasteiger partial charge in [-0.3, -0.25) is 0 Å². The second-order valence-corrected chi connectivity index (χ2v) is 3.98. The monoisotopic (exact) mass is 280 g/mol. The lowest BCUT2D eigenvalue weighted by atomic mass is 10.2. The number of nitrogens with two attached hydrogens (primary N) is 1. The quantitative estimate of drug-likeness (QED) is 0.895. The Morgan fingerprint density at radius 1 is 1.21 bits per heavy atom. The van der Waals surface area contributed by atoms with E-state index in [9.17, 15) is 0 Å². The largest absolute Gasteiger partial charge is 0.494 e. The highest BCUT2D eigenvalue weighted by Gasteiger charge is 2.13. The van der Waals surface area contributed by atoms with Crippen LogP contribution in [0.4, 0.5) is 17.3 Å². The number of halogens is 1. The van der Waals surface area contributed by atoms with Gasteiger partial charge in [-0.05, 0) is 12.1 Å². The predicted octanol–water partition coefficient (Wildman–Crippen LogP) is 2.47. The Bertz CT molecular complexity index is 570. The van der Waals surface area contributed by atoms with Crippen LogP contribution in [0.3, 0.4) is 0 Å². The number of nitrogen functional groups attached to an aromatic ring is 1. The lowest BCUT2D eigenvalue weighted by Crippen LogP contribution is -2.04. The molecule has 19 heavy (non-hydrogen) atoms.